The van der Waals surface area contributed by atoms with Crippen LogP contribution in [0.15, 0.2) is 18.2 Å². The Hall–Kier alpha value is -1.75. The molecule has 2 saturated carbocycles. The molecule has 2 aliphatic carbocycles. The molecular formula is C18H26N2O3. The van der Waals surface area contributed by atoms with Crippen molar-refractivity contribution >= 4 is 11.7 Å². The number of carbonyl (C=O) groups excluding carboxylic acids is 1. The summed E-state index contributed by atoms with van der Waals surface area (Å²) in [5, 5.41) is 15.5. The predicted octanol–water partition coefficient (Wildman–Crippen LogP) is 3.35. The van der Waals surface area contributed by atoms with Gasteiger partial charge in [0.2, 0.25) is 0 Å². The zero-order chi connectivity index (χ0) is 16.2. The van der Waals surface area contributed by atoms with Crippen LogP contribution in [-0.2, 0) is 0 Å². The van der Waals surface area contributed by atoms with Gasteiger partial charge in [0, 0.05) is 11.3 Å². The first-order valence-electron chi connectivity index (χ1n) is 8.65. The number of nitrogens with one attached hydrogen (secondary N) is 2. The number of ether oxygens (including phenoxy) is 1. The lowest BCUT2D eigenvalue weighted by Crippen LogP contribution is -2.42. The highest BCUT2D eigenvalue weighted by Crippen LogP contribution is 2.30. The van der Waals surface area contributed by atoms with E-state index >= 15 is 0 Å². The molecule has 0 saturated heterocycles. The summed E-state index contributed by atoms with van der Waals surface area (Å²) in [6.07, 6.45) is 7.09. The number of aliphatic hydroxyl groups is 1. The highest BCUT2D eigenvalue weighted by atomic mass is 16.5. The van der Waals surface area contributed by atoms with Crippen molar-refractivity contribution in [3.8, 4) is 5.75 Å². The molecule has 1 aromatic carbocycles. The molecule has 2 amide bonds. The second-order valence-corrected chi connectivity index (χ2v) is 6.66. The molecule has 3 rings (SSSR count). The molecule has 0 aromatic heterocycles. The van der Waals surface area contributed by atoms with Crippen molar-refractivity contribution in [3.63, 3.8) is 0 Å². The summed E-state index contributed by atoms with van der Waals surface area (Å²) in [5.41, 5.74) is 1.70. The number of benzene rings is 1. The molecule has 2 atom stereocenters. The molecule has 3 N–H and O–H groups in total. The number of hydrogen-bond acceptors (Lipinski definition) is 3. The summed E-state index contributed by atoms with van der Waals surface area (Å²) < 4.78 is 6.07. The van der Waals surface area contributed by atoms with Crippen molar-refractivity contribution in [2.45, 2.75) is 70.1 Å². The highest BCUT2D eigenvalue weighted by molar-refractivity contribution is 5.90. The van der Waals surface area contributed by atoms with Gasteiger partial charge in [-0.1, -0.05) is 6.07 Å². The van der Waals surface area contributed by atoms with Crippen LogP contribution in [-0.4, -0.2) is 29.4 Å². The van der Waals surface area contributed by atoms with Crippen LogP contribution in [0.2, 0.25) is 0 Å². The molecule has 1 aromatic rings. The van der Waals surface area contributed by atoms with Gasteiger partial charge in [-0.15, -0.1) is 0 Å². The zero-order valence-corrected chi connectivity index (χ0v) is 13.7. The predicted molar refractivity (Wildman–Crippen MR) is 89.9 cm³/mol. The van der Waals surface area contributed by atoms with Crippen LogP contribution < -0.4 is 15.4 Å². The second kappa shape index (κ2) is 7.21. The summed E-state index contributed by atoms with van der Waals surface area (Å²) in [7, 11) is 0. The van der Waals surface area contributed by atoms with Crippen LogP contribution >= 0.6 is 0 Å². The van der Waals surface area contributed by atoms with Crippen molar-refractivity contribution in [2.24, 2.45) is 0 Å². The Morgan fingerprint density at radius 1 is 1.17 bits per heavy atom. The molecule has 0 heterocycles. The van der Waals surface area contributed by atoms with Crippen molar-refractivity contribution in [3.05, 3.63) is 23.8 Å². The lowest BCUT2D eigenvalue weighted by molar-refractivity contribution is 0.151. The minimum absolute atomic E-state index is 0.145. The SMILES string of the molecule is Cc1c(NC(=O)N[C@@H]2CCC[C@H]2O)cccc1OC1CCCC1. The first-order chi connectivity index (χ1) is 11.1. The maximum atomic E-state index is 12.1. The van der Waals surface area contributed by atoms with Gasteiger partial charge in [0.15, 0.2) is 0 Å². The van der Waals surface area contributed by atoms with E-state index in [9.17, 15) is 9.90 Å². The molecule has 2 aliphatic rings. The monoisotopic (exact) mass is 318 g/mol. The molecule has 0 aliphatic heterocycles. The van der Waals surface area contributed by atoms with Crippen LogP contribution in [0.3, 0.4) is 0 Å². The van der Waals surface area contributed by atoms with Crippen molar-refractivity contribution in [1.29, 1.82) is 0 Å². The van der Waals surface area contributed by atoms with Crippen LogP contribution in [0.4, 0.5) is 10.5 Å². The summed E-state index contributed by atoms with van der Waals surface area (Å²) in [6.45, 7) is 1.96. The summed E-state index contributed by atoms with van der Waals surface area (Å²) in [6, 6.07) is 5.32. The summed E-state index contributed by atoms with van der Waals surface area (Å²) >= 11 is 0. The number of carbonyl (C=O) groups is 1. The smallest absolute Gasteiger partial charge is 0.319 e. The van der Waals surface area contributed by atoms with E-state index in [-0.39, 0.29) is 12.1 Å². The minimum Gasteiger partial charge on any atom is -0.490 e. The molecule has 0 spiro atoms. The first kappa shape index (κ1) is 16.1. The summed E-state index contributed by atoms with van der Waals surface area (Å²) in [4.78, 5) is 12.1. The largest absolute Gasteiger partial charge is 0.490 e. The van der Waals surface area contributed by atoms with Gasteiger partial charge in [-0.25, -0.2) is 4.79 Å². The quantitative estimate of drug-likeness (QED) is 0.797. The van der Waals surface area contributed by atoms with Crippen LogP contribution in [0.25, 0.3) is 0 Å². The Kier molecular flexibility index (Phi) is 5.06. The van der Waals surface area contributed by atoms with Gasteiger partial charge in [-0.05, 0) is 64.0 Å². The lowest BCUT2D eigenvalue weighted by atomic mass is 10.1. The fourth-order valence-corrected chi connectivity index (χ4v) is 3.50. The molecule has 5 heteroatoms. The number of anilines is 1. The first-order valence-corrected chi connectivity index (χ1v) is 8.65. The Labute approximate surface area is 137 Å². The molecule has 0 bridgehead atoms. The third-order valence-electron chi connectivity index (χ3n) is 4.92. The third-order valence-corrected chi connectivity index (χ3v) is 4.92. The molecule has 2 fully saturated rings. The van der Waals surface area contributed by atoms with E-state index in [0.717, 1.165) is 49.1 Å². The van der Waals surface area contributed by atoms with E-state index < -0.39 is 6.10 Å². The molecular weight excluding hydrogens is 292 g/mol. The van der Waals surface area contributed by atoms with Gasteiger partial charge in [0.25, 0.3) is 0 Å². The number of aliphatic hydroxyl groups excluding tert-OH is 1. The topological polar surface area (TPSA) is 70.6 Å². The average molecular weight is 318 g/mol. The van der Waals surface area contributed by atoms with E-state index in [1.54, 1.807) is 0 Å². The van der Waals surface area contributed by atoms with Gasteiger partial charge in [-0.3, -0.25) is 0 Å². The molecule has 126 valence electrons. The molecule has 5 nitrogen and oxygen atoms in total. The van der Waals surface area contributed by atoms with Gasteiger partial charge in [0.05, 0.1) is 18.2 Å². The number of hydrogen-bond donors (Lipinski definition) is 3. The van der Waals surface area contributed by atoms with Crippen molar-refractivity contribution in [1.82, 2.24) is 5.32 Å². The number of amides is 2. The van der Waals surface area contributed by atoms with E-state index in [1.165, 1.54) is 12.8 Å². The maximum Gasteiger partial charge on any atom is 0.319 e. The Morgan fingerprint density at radius 3 is 2.65 bits per heavy atom. The van der Waals surface area contributed by atoms with Crippen molar-refractivity contribution < 1.29 is 14.6 Å². The van der Waals surface area contributed by atoms with Gasteiger partial charge in [-0.2, -0.15) is 0 Å². The highest BCUT2D eigenvalue weighted by Gasteiger charge is 2.26. The Balaban J connectivity index is 1.61. The third kappa shape index (κ3) is 3.96. The fraction of sp³-hybridized carbons (Fsp3) is 0.611. The lowest BCUT2D eigenvalue weighted by Gasteiger charge is -2.19. The van der Waals surface area contributed by atoms with E-state index in [0.29, 0.717) is 6.10 Å². The zero-order valence-electron chi connectivity index (χ0n) is 13.7. The average Bonchev–Trinajstić information content (AvgIpc) is 3.16. The minimum atomic E-state index is -0.432. The summed E-state index contributed by atoms with van der Waals surface area (Å²) in [5.74, 6) is 0.843. The van der Waals surface area contributed by atoms with Crippen LogP contribution in [0.5, 0.6) is 5.75 Å². The van der Waals surface area contributed by atoms with Gasteiger partial charge >= 0.3 is 6.03 Å². The van der Waals surface area contributed by atoms with Crippen LogP contribution in [0, 0.1) is 6.92 Å². The van der Waals surface area contributed by atoms with E-state index in [1.807, 2.05) is 25.1 Å². The fourth-order valence-electron chi connectivity index (χ4n) is 3.50. The second-order valence-electron chi connectivity index (χ2n) is 6.66. The molecule has 0 radical (unpaired) electrons. The number of urea groups is 1. The van der Waals surface area contributed by atoms with Crippen LogP contribution in [0.1, 0.15) is 50.5 Å². The molecule has 0 unspecified atom stereocenters. The number of rotatable bonds is 4. The Morgan fingerprint density at radius 2 is 1.96 bits per heavy atom. The van der Waals surface area contributed by atoms with Gasteiger partial charge < -0.3 is 20.5 Å². The van der Waals surface area contributed by atoms with E-state index in [4.69, 9.17) is 4.74 Å². The van der Waals surface area contributed by atoms with E-state index in [2.05, 4.69) is 10.6 Å². The Bertz CT molecular complexity index is 555. The molecule has 23 heavy (non-hydrogen) atoms. The van der Waals surface area contributed by atoms with Crippen molar-refractivity contribution in [2.75, 3.05) is 5.32 Å². The normalized spacial score (nSPS) is 24.6. The van der Waals surface area contributed by atoms with Gasteiger partial charge in [0.1, 0.15) is 5.75 Å². The maximum absolute atomic E-state index is 12.1. The standard InChI is InChI=1S/C18H26N2O3/c1-12-14(19-18(22)20-15-9-4-10-16(15)21)8-5-11-17(12)23-13-6-2-3-7-13/h5,8,11,13,15-16,21H,2-4,6-7,9-10H2,1H3,(H2,19,20,22)/t15-,16-/m1/s1.